The zero-order valence-electron chi connectivity index (χ0n) is 14.1. The highest BCUT2D eigenvalue weighted by molar-refractivity contribution is 5.48. The van der Waals surface area contributed by atoms with Gasteiger partial charge in [-0.05, 0) is 26.2 Å². The average Bonchev–Trinajstić information content (AvgIpc) is 2.47. The van der Waals surface area contributed by atoms with E-state index in [1.807, 2.05) is 0 Å². The van der Waals surface area contributed by atoms with Crippen LogP contribution in [0.3, 0.4) is 0 Å². The Morgan fingerprint density at radius 2 is 2.05 bits per heavy atom. The van der Waals surface area contributed by atoms with E-state index in [0.29, 0.717) is 12.0 Å². The third-order valence-electron chi connectivity index (χ3n) is 4.42. The Bertz CT molecular complexity index is 461. The summed E-state index contributed by atoms with van der Waals surface area (Å²) >= 11 is 0. The Balaban J connectivity index is 2.18. The van der Waals surface area contributed by atoms with E-state index < -0.39 is 0 Å². The number of hydrogen-bond acceptors (Lipinski definition) is 4. The highest BCUT2D eigenvalue weighted by atomic mass is 16.5. The molecule has 1 aromatic rings. The molecule has 2 atom stereocenters. The van der Waals surface area contributed by atoms with Crippen LogP contribution in [-0.2, 0) is 4.74 Å². The maximum Gasteiger partial charge on any atom is 0.135 e. The van der Waals surface area contributed by atoms with Crippen LogP contribution in [0.4, 0.5) is 5.82 Å². The van der Waals surface area contributed by atoms with Gasteiger partial charge in [0.2, 0.25) is 0 Å². The second-order valence-electron chi connectivity index (χ2n) is 6.50. The largest absolute Gasteiger partial charge is 0.371 e. The van der Waals surface area contributed by atoms with Gasteiger partial charge in [-0.1, -0.05) is 33.6 Å². The molecule has 21 heavy (non-hydrogen) atoms. The number of morpholine rings is 1. The van der Waals surface area contributed by atoms with Crippen LogP contribution in [0.5, 0.6) is 0 Å². The second-order valence-corrected chi connectivity index (χ2v) is 6.50. The van der Waals surface area contributed by atoms with Gasteiger partial charge in [0, 0.05) is 24.3 Å². The van der Waals surface area contributed by atoms with Crippen LogP contribution in [0.2, 0.25) is 0 Å². The van der Waals surface area contributed by atoms with E-state index in [1.165, 1.54) is 18.4 Å². The lowest BCUT2D eigenvalue weighted by atomic mass is 10.0. The Morgan fingerprint density at radius 3 is 2.71 bits per heavy atom. The van der Waals surface area contributed by atoms with Crippen molar-refractivity contribution < 1.29 is 4.74 Å². The number of unbranched alkanes of at least 4 members (excludes halogenated alkanes) is 1. The lowest BCUT2D eigenvalue weighted by Gasteiger charge is -2.41. The number of rotatable bonds is 5. The quantitative estimate of drug-likeness (QED) is 0.832. The van der Waals surface area contributed by atoms with Crippen molar-refractivity contribution in [2.75, 3.05) is 18.0 Å². The summed E-state index contributed by atoms with van der Waals surface area (Å²) in [5.41, 5.74) is 2.26. The summed E-state index contributed by atoms with van der Waals surface area (Å²) in [6, 6.07) is 0. The molecule has 0 unspecified atom stereocenters. The van der Waals surface area contributed by atoms with E-state index in [4.69, 9.17) is 4.74 Å². The summed E-state index contributed by atoms with van der Waals surface area (Å²) in [4.78, 5) is 11.2. The van der Waals surface area contributed by atoms with Crippen molar-refractivity contribution in [2.45, 2.75) is 66.1 Å². The van der Waals surface area contributed by atoms with E-state index in [1.54, 1.807) is 6.33 Å². The van der Waals surface area contributed by atoms with Crippen LogP contribution in [0, 0.1) is 19.8 Å². The second kappa shape index (κ2) is 7.21. The summed E-state index contributed by atoms with van der Waals surface area (Å²) in [6.07, 6.45) is 5.87. The van der Waals surface area contributed by atoms with Crippen LogP contribution >= 0.6 is 0 Å². The molecule has 1 fully saturated rings. The molecule has 0 aromatic carbocycles. The predicted octanol–water partition coefficient (Wildman–Crippen LogP) is 3.51. The first-order valence-electron chi connectivity index (χ1n) is 8.21. The first-order chi connectivity index (χ1) is 10.0. The first-order valence-corrected chi connectivity index (χ1v) is 8.21. The summed E-state index contributed by atoms with van der Waals surface area (Å²) in [5, 5.41) is 0. The van der Waals surface area contributed by atoms with Crippen molar-refractivity contribution in [1.82, 2.24) is 9.97 Å². The molecule has 2 heterocycles. The van der Waals surface area contributed by atoms with Gasteiger partial charge in [-0.25, -0.2) is 9.97 Å². The third kappa shape index (κ3) is 3.94. The molecule has 0 amide bonds. The first kappa shape index (κ1) is 16.2. The Labute approximate surface area is 128 Å². The van der Waals surface area contributed by atoms with E-state index in [0.717, 1.165) is 31.0 Å². The Hall–Kier alpha value is -1.16. The molecule has 118 valence electrons. The van der Waals surface area contributed by atoms with Gasteiger partial charge in [-0.15, -0.1) is 0 Å². The van der Waals surface area contributed by atoms with Gasteiger partial charge in [0.1, 0.15) is 12.1 Å². The lowest BCUT2D eigenvalue weighted by Crippen LogP contribution is -2.50. The Morgan fingerprint density at radius 1 is 1.29 bits per heavy atom. The van der Waals surface area contributed by atoms with Gasteiger partial charge in [0.05, 0.1) is 12.2 Å². The molecular formula is C17H29N3O. The highest BCUT2D eigenvalue weighted by Crippen LogP contribution is 2.26. The third-order valence-corrected chi connectivity index (χ3v) is 4.42. The maximum atomic E-state index is 6.29. The molecule has 1 saturated heterocycles. The topological polar surface area (TPSA) is 38.2 Å². The molecule has 1 aromatic heterocycles. The molecule has 0 saturated carbocycles. The van der Waals surface area contributed by atoms with E-state index in [-0.39, 0.29) is 6.10 Å². The molecule has 0 bridgehead atoms. The predicted molar refractivity (Wildman–Crippen MR) is 86.7 cm³/mol. The molecular weight excluding hydrogens is 262 g/mol. The number of ether oxygens (including phenoxy) is 1. The van der Waals surface area contributed by atoms with Crippen molar-refractivity contribution in [2.24, 2.45) is 5.92 Å². The van der Waals surface area contributed by atoms with E-state index in [9.17, 15) is 0 Å². The maximum absolute atomic E-state index is 6.29. The SMILES string of the molecule is CCCC[C@@H]1CN(c2ncnc(C)c2C)C[C@H](C(C)C)O1. The minimum Gasteiger partial charge on any atom is -0.371 e. The fourth-order valence-electron chi connectivity index (χ4n) is 2.85. The van der Waals surface area contributed by atoms with Gasteiger partial charge in [0.15, 0.2) is 0 Å². The van der Waals surface area contributed by atoms with Crippen LogP contribution in [0.25, 0.3) is 0 Å². The van der Waals surface area contributed by atoms with Crippen LogP contribution in [0.1, 0.15) is 51.3 Å². The Kier molecular flexibility index (Phi) is 5.57. The monoisotopic (exact) mass is 291 g/mol. The smallest absolute Gasteiger partial charge is 0.135 e. The van der Waals surface area contributed by atoms with Crippen LogP contribution < -0.4 is 4.90 Å². The number of aromatic nitrogens is 2. The van der Waals surface area contributed by atoms with Gasteiger partial charge in [-0.3, -0.25) is 0 Å². The van der Waals surface area contributed by atoms with Crippen molar-refractivity contribution in [3.8, 4) is 0 Å². The van der Waals surface area contributed by atoms with Gasteiger partial charge in [-0.2, -0.15) is 0 Å². The summed E-state index contributed by atoms with van der Waals surface area (Å²) < 4.78 is 6.29. The number of nitrogens with zero attached hydrogens (tertiary/aromatic N) is 3. The average molecular weight is 291 g/mol. The minimum atomic E-state index is 0.287. The van der Waals surface area contributed by atoms with Gasteiger partial charge < -0.3 is 9.64 Å². The molecule has 4 heteroatoms. The van der Waals surface area contributed by atoms with E-state index >= 15 is 0 Å². The van der Waals surface area contributed by atoms with Crippen LogP contribution in [-0.4, -0.2) is 35.3 Å². The number of anilines is 1. The van der Waals surface area contributed by atoms with Crippen molar-refractivity contribution in [3.63, 3.8) is 0 Å². The molecule has 0 radical (unpaired) electrons. The zero-order valence-corrected chi connectivity index (χ0v) is 14.1. The summed E-state index contributed by atoms with van der Waals surface area (Å²) in [7, 11) is 0. The highest BCUT2D eigenvalue weighted by Gasteiger charge is 2.30. The minimum absolute atomic E-state index is 0.287. The standard InChI is InChI=1S/C17H29N3O/c1-6-7-8-15-9-20(10-16(21-15)12(2)3)17-13(4)14(5)18-11-19-17/h11-12,15-16H,6-10H2,1-5H3/t15-,16-/m1/s1. The molecule has 1 aliphatic heterocycles. The molecule has 1 aliphatic rings. The molecule has 2 rings (SSSR count). The van der Waals surface area contributed by atoms with Crippen molar-refractivity contribution in [3.05, 3.63) is 17.6 Å². The zero-order chi connectivity index (χ0) is 15.4. The summed E-state index contributed by atoms with van der Waals surface area (Å²) in [5.74, 6) is 1.61. The summed E-state index contributed by atoms with van der Waals surface area (Å²) in [6.45, 7) is 12.8. The van der Waals surface area contributed by atoms with Gasteiger partial charge >= 0.3 is 0 Å². The van der Waals surface area contributed by atoms with Crippen molar-refractivity contribution in [1.29, 1.82) is 0 Å². The normalized spacial score (nSPS) is 22.9. The fraction of sp³-hybridized carbons (Fsp3) is 0.765. The lowest BCUT2D eigenvalue weighted by molar-refractivity contribution is -0.0521. The molecule has 0 spiro atoms. The van der Waals surface area contributed by atoms with E-state index in [2.05, 4.69) is 49.5 Å². The van der Waals surface area contributed by atoms with Crippen LogP contribution in [0.15, 0.2) is 6.33 Å². The number of hydrogen-bond donors (Lipinski definition) is 0. The number of aryl methyl sites for hydroxylation is 1. The van der Waals surface area contributed by atoms with Gasteiger partial charge in [0.25, 0.3) is 0 Å². The molecule has 0 N–H and O–H groups in total. The molecule has 0 aliphatic carbocycles. The molecule has 4 nitrogen and oxygen atoms in total. The fourth-order valence-corrected chi connectivity index (χ4v) is 2.85. The van der Waals surface area contributed by atoms with Crippen molar-refractivity contribution >= 4 is 5.82 Å².